The zero-order valence-corrected chi connectivity index (χ0v) is 23.9. The number of hydrogen-bond acceptors (Lipinski definition) is 3. The summed E-state index contributed by atoms with van der Waals surface area (Å²) >= 11 is 0. The predicted molar refractivity (Wildman–Crippen MR) is 156 cm³/mol. The number of hydrogen-bond donors (Lipinski definition) is 1. The van der Waals surface area contributed by atoms with Gasteiger partial charge in [0.25, 0.3) is 10.0 Å². The van der Waals surface area contributed by atoms with Gasteiger partial charge in [-0.2, -0.15) is 0 Å². The highest BCUT2D eigenvalue weighted by atomic mass is 32.2. The molecule has 5 heteroatoms. The lowest BCUT2D eigenvalue weighted by Gasteiger charge is -2.33. The zero-order chi connectivity index (χ0) is 26.5. The number of rotatable bonds is 11. The summed E-state index contributed by atoms with van der Waals surface area (Å²) in [5, 5.41) is 3.35. The van der Waals surface area contributed by atoms with Gasteiger partial charge < -0.3 is 5.32 Å². The minimum atomic E-state index is -3.66. The number of allylic oxidation sites excluding steroid dienone is 4. The van der Waals surface area contributed by atoms with E-state index < -0.39 is 10.0 Å². The Morgan fingerprint density at radius 3 is 2.70 bits per heavy atom. The van der Waals surface area contributed by atoms with Crippen molar-refractivity contribution in [3.05, 3.63) is 83.0 Å². The maximum atomic E-state index is 14.1. The molecule has 0 radical (unpaired) electrons. The van der Waals surface area contributed by atoms with Crippen molar-refractivity contribution >= 4 is 15.7 Å². The summed E-state index contributed by atoms with van der Waals surface area (Å²) in [5.41, 5.74) is 5.37. The zero-order valence-electron chi connectivity index (χ0n) is 23.1. The molecule has 1 heterocycles. The molecule has 4 rings (SSSR count). The van der Waals surface area contributed by atoms with Crippen molar-refractivity contribution in [1.29, 1.82) is 0 Å². The van der Waals surface area contributed by atoms with E-state index in [2.05, 4.69) is 67.7 Å². The average Bonchev–Trinajstić information content (AvgIpc) is 2.90. The van der Waals surface area contributed by atoms with Crippen molar-refractivity contribution in [2.45, 2.75) is 83.0 Å². The predicted octanol–water partition coefficient (Wildman–Crippen LogP) is 7.08. The van der Waals surface area contributed by atoms with Crippen LogP contribution in [0.2, 0.25) is 0 Å². The first kappa shape index (κ1) is 27.7. The van der Waals surface area contributed by atoms with Crippen LogP contribution in [0.15, 0.2) is 65.6 Å². The van der Waals surface area contributed by atoms with Crippen LogP contribution in [-0.4, -0.2) is 28.6 Å². The summed E-state index contributed by atoms with van der Waals surface area (Å²) in [4.78, 5) is 0.455. The number of fused-ring (bicyclic) bond motifs is 1. The number of nitrogens with one attached hydrogen (secondary N) is 1. The van der Waals surface area contributed by atoms with Crippen molar-refractivity contribution in [2.24, 2.45) is 5.41 Å². The molecule has 200 valence electrons. The van der Waals surface area contributed by atoms with Gasteiger partial charge in [-0.05, 0) is 92.1 Å². The van der Waals surface area contributed by atoms with E-state index in [1.54, 1.807) is 4.31 Å². The third-order valence-electron chi connectivity index (χ3n) is 8.22. The SMILES string of the molecule is CCc1cccc2c1N(S(=O)(=O)c1cc(C(CCCCC3(C)C=CC=CC3)CNC)ccc1C)CCC2. The summed E-state index contributed by atoms with van der Waals surface area (Å²) in [6.07, 6.45) is 17.2. The Hall–Kier alpha value is -2.37. The van der Waals surface area contributed by atoms with Gasteiger partial charge in [0, 0.05) is 13.1 Å². The number of para-hydroxylation sites is 1. The minimum Gasteiger partial charge on any atom is -0.319 e. The number of unbranched alkanes of at least 4 members (excludes halogenated alkanes) is 1. The van der Waals surface area contributed by atoms with Gasteiger partial charge in [0.05, 0.1) is 10.6 Å². The molecule has 0 fully saturated rings. The summed E-state index contributed by atoms with van der Waals surface area (Å²) < 4.78 is 30.0. The molecule has 1 aliphatic carbocycles. The maximum Gasteiger partial charge on any atom is 0.264 e. The van der Waals surface area contributed by atoms with Gasteiger partial charge in [0.15, 0.2) is 0 Å². The van der Waals surface area contributed by atoms with Gasteiger partial charge in [0.1, 0.15) is 0 Å². The van der Waals surface area contributed by atoms with Crippen LogP contribution in [0.1, 0.15) is 80.5 Å². The number of likely N-dealkylation sites (N-methyl/N-ethyl adjacent to an activating group) is 1. The first-order valence-electron chi connectivity index (χ1n) is 14.0. The molecule has 2 aliphatic rings. The van der Waals surface area contributed by atoms with E-state index in [4.69, 9.17) is 0 Å². The lowest BCUT2D eigenvalue weighted by molar-refractivity contribution is 0.367. The van der Waals surface area contributed by atoms with Crippen molar-refractivity contribution in [2.75, 3.05) is 24.4 Å². The first-order valence-corrected chi connectivity index (χ1v) is 15.5. The lowest BCUT2D eigenvalue weighted by atomic mass is 9.79. The highest BCUT2D eigenvalue weighted by molar-refractivity contribution is 7.92. The molecule has 1 N–H and O–H groups in total. The van der Waals surface area contributed by atoms with E-state index >= 15 is 0 Å². The third kappa shape index (κ3) is 6.21. The largest absolute Gasteiger partial charge is 0.319 e. The number of aryl methyl sites for hydroxylation is 3. The fourth-order valence-corrected chi connectivity index (χ4v) is 7.84. The van der Waals surface area contributed by atoms with Gasteiger partial charge in [-0.25, -0.2) is 8.42 Å². The Balaban J connectivity index is 1.55. The topological polar surface area (TPSA) is 49.4 Å². The maximum absolute atomic E-state index is 14.1. The number of anilines is 1. The Labute approximate surface area is 224 Å². The van der Waals surface area contributed by atoms with Crippen molar-refractivity contribution in [3.8, 4) is 0 Å². The second-order valence-corrected chi connectivity index (χ2v) is 13.0. The quantitative estimate of drug-likeness (QED) is 0.322. The molecule has 2 aromatic carbocycles. The standard InChI is InChI=1S/C32H44N2O2S/c1-5-26-14-11-15-27-16-12-22-34(31(26)27)37(35,36)30-23-28(18-17-25(30)2)29(24-33-4)13-7-10-21-32(3)19-8-6-9-20-32/h6,8-9,11,14-15,17-19,23,29,33H,5,7,10,12-13,16,20-22,24H2,1-4H3. The Bertz CT molecular complexity index is 1230. The van der Waals surface area contributed by atoms with E-state index in [-0.39, 0.29) is 11.3 Å². The van der Waals surface area contributed by atoms with Crippen LogP contribution < -0.4 is 9.62 Å². The second-order valence-electron chi connectivity index (χ2n) is 11.1. The van der Waals surface area contributed by atoms with Gasteiger partial charge in [-0.3, -0.25) is 4.31 Å². The number of benzene rings is 2. The molecule has 0 bridgehead atoms. The molecule has 4 nitrogen and oxygen atoms in total. The van der Waals surface area contributed by atoms with E-state index in [0.717, 1.165) is 73.0 Å². The fraction of sp³-hybridized carbons (Fsp3) is 0.500. The molecule has 2 unspecified atom stereocenters. The van der Waals surface area contributed by atoms with E-state index in [0.29, 0.717) is 11.4 Å². The summed E-state index contributed by atoms with van der Waals surface area (Å²) in [7, 11) is -1.68. The van der Waals surface area contributed by atoms with Crippen LogP contribution in [0, 0.1) is 12.3 Å². The Morgan fingerprint density at radius 2 is 1.97 bits per heavy atom. The molecule has 0 saturated heterocycles. The molecular weight excluding hydrogens is 476 g/mol. The van der Waals surface area contributed by atoms with Crippen LogP contribution in [0.3, 0.4) is 0 Å². The van der Waals surface area contributed by atoms with Crippen LogP contribution in [0.5, 0.6) is 0 Å². The Morgan fingerprint density at radius 1 is 1.14 bits per heavy atom. The van der Waals surface area contributed by atoms with Crippen molar-refractivity contribution < 1.29 is 8.42 Å². The molecule has 1 aliphatic heterocycles. The second kappa shape index (κ2) is 12.0. The molecule has 0 aromatic heterocycles. The van der Waals surface area contributed by atoms with Crippen molar-refractivity contribution in [3.63, 3.8) is 0 Å². The average molecular weight is 521 g/mol. The smallest absolute Gasteiger partial charge is 0.264 e. The van der Waals surface area contributed by atoms with Crippen LogP contribution in [-0.2, 0) is 22.9 Å². The summed E-state index contributed by atoms with van der Waals surface area (Å²) in [6, 6.07) is 12.3. The molecule has 2 atom stereocenters. The van der Waals surface area contributed by atoms with Gasteiger partial charge in [0.2, 0.25) is 0 Å². The molecule has 0 amide bonds. The fourth-order valence-electron chi connectivity index (χ4n) is 5.99. The monoisotopic (exact) mass is 520 g/mol. The molecule has 0 saturated carbocycles. The van der Waals surface area contributed by atoms with Gasteiger partial charge in [-0.1, -0.05) is 81.3 Å². The first-order chi connectivity index (χ1) is 17.8. The van der Waals surface area contributed by atoms with Crippen LogP contribution in [0.4, 0.5) is 5.69 Å². The Kier molecular flexibility index (Phi) is 8.97. The highest BCUT2D eigenvalue weighted by Crippen LogP contribution is 2.38. The van der Waals surface area contributed by atoms with E-state index in [1.165, 1.54) is 12.8 Å². The summed E-state index contributed by atoms with van der Waals surface area (Å²) in [6.45, 7) is 7.75. The van der Waals surface area contributed by atoms with E-state index in [9.17, 15) is 8.42 Å². The lowest BCUT2D eigenvalue weighted by Crippen LogP contribution is -2.36. The molecule has 2 aromatic rings. The molecule has 37 heavy (non-hydrogen) atoms. The minimum absolute atomic E-state index is 0.264. The van der Waals surface area contributed by atoms with Gasteiger partial charge in [-0.15, -0.1) is 0 Å². The van der Waals surface area contributed by atoms with Crippen LogP contribution in [0.25, 0.3) is 0 Å². The highest BCUT2D eigenvalue weighted by Gasteiger charge is 2.32. The van der Waals surface area contributed by atoms with E-state index in [1.807, 2.05) is 26.1 Å². The van der Waals surface area contributed by atoms with Crippen LogP contribution >= 0.6 is 0 Å². The molecule has 0 spiro atoms. The van der Waals surface area contributed by atoms with Crippen molar-refractivity contribution in [1.82, 2.24) is 5.32 Å². The normalized spacial score (nSPS) is 20.2. The van der Waals surface area contributed by atoms with Gasteiger partial charge >= 0.3 is 0 Å². The number of sulfonamides is 1. The molecular formula is C32H44N2O2S. The number of nitrogens with zero attached hydrogens (tertiary/aromatic N) is 1. The third-order valence-corrected chi connectivity index (χ3v) is 10.2. The summed E-state index contributed by atoms with van der Waals surface area (Å²) in [5.74, 6) is 0.286.